The van der Waals surface area contributed by atoms with Gasteiger partial charge < -0.3 is 0 Å². The number of aromatic nitrogens is 2. The zero-order valence-corrected chi connectivity index (χ0v) is 15.3. The van der Waals surface area contributed by atoms with Gasteiger partial charge in [0.15, 0.2) is 0 Å². The molecule has 0 aliphatic carbocycles. The molecule has 0 spiro atoms. The van der Waals surface area contributed by atoms with Crippen LogP contribution in [0.2, 0.25) is 0 Å². The Kier molecular flexibility index (Phi) is 6.01. The number of nitriles is 1. The minimum atomic E-state index is -3.48. The molecule has 0 atom stereocenters. The maximum Gasteiger partial charge on any atom is 0.268 e. The molecule has 1 aromatic heterocycles. The standard InChI is InChI=1S/C16H16N4O3S2/c1-3-11-5-7-12(8-6-11)9-13(10-17)14(21)18-15-19-20-16(24-15)25(22,23)4-2/h5-9H,3-4H2,1-2H3,(H,18,19,21)/b13-9-. The molecule has 0 radical (unpaired) electrons. The summed E-state index contributed by atoms with van der Waals surface area (Å²) in [6, 6.07) is 9.32. The van der Waals surface area contributed by atoms with E-state index < -0.39 is 15.7 Å². The minimum Gasteiger partial charge on any atom is -0.296 e. The van der Waals surface area contributed by atoms with Crippen LogP contribution in [0.25, 0.3) is 6.08 Å². The zero-order valence-electron chi connectivity index (χ0n) is 13.7. The maximum absolute atomic E-state index is 12.2. The monoisotopic (exact) mass is 376 g/mol. The number of hydrogen-bond acceptors (Lipinski definition) is 7. The third-order valence-corrected chi connectivity index (χ3v) is 6.36. The molecule has 7 nitrogen and oxygen atoms in total. The van der Waals surface area contributed by atoms with Gasteiger partial charge in [-0.05, 0) is 23.6 Å². The summed E-state index contributed by atoms with van der Waals surface area (Å²) in [7, 11) is -3.48. The predicted octanol–water partition coefficient (Wildman–Crippen LogP) is 2.44. The van der Waals surface area contributed by atoms with Crippen molar-refractivity contribution in [2.75, 3.05) is 11.1 Å². The predicted molar refractivity (Wildman–Crippen MR) is 95.7 cm³/mol. The van der Waals surface area contributed by atoms with Crippen molar-refractivity contribution in [1.82, 2.24) is 10.2 Å². The fourth-order valence-corrected chi connectivity index (χ4v) is 3.82. The van der Waals surface area contributed by atoms with E-state index in [1.807, 2.05) is 37.3 Å². The van der Waals surface area contributed by atoms with E-state index in [1.54, 1.807) is 0 Å². The summed E-state index contributed by atoms with van der Waals surface area (Å²) in [5.74, 6) is -0.772. The molecule has 0 saturated carbocycles. The van der Waals surface area contributed by atoms with Crippen LogP contribution in [0, 0.1) is 11.3 Å². The Balaban J connectivity index is 2.17. The van der Waals surface area contributed by atoms with Crippen molar-refractivity contribution in [3.8, 4) is 6.07 Å². The summed E-state index contributed by atoms with van der Waals surface area (Å²) in [6.45, 7) is 3.53. The lowest BCUT2D eigenvalue weighted by Crippen LogP contribution is -2.13. The van der Waals surface area contributed by atoms with Crippen LogP contribution >= 0.6 is 11.3 Å². The van der Waals surface area contributed by atoms with E-state index >= 15 is 0 Å². The van der Waals surface area contributed by atoms with E-state index in [0.29, 0.717) is 0 Å². The van der Waals surface area contributed by atoms with Crippen LogP contribution in [-0.2, 0) is 21.1 Å². The Labute approximate surface area is 149 Å². The number of hydrogen-bond donors (Lipinski definition) is 1. The zero-order chi connectivity index (χ0) is 18.4. The van der Waals surface area contributed by atoms with Crippen LogP contribution in [0.15, 0.2) is 34.2 Å². The summed E-state index contributed by atoms with van der Waals surface area (Å²) in [6.07, 6.45) is 2.36. The van der Waals surface area contributed by atoms with Gasteiger partial charge in [0, 0.05) is 0 Å². The van der Waals surface area contributed by atoms with Crippen LogP contribution in [0.4, 0.5) is 5.13 Å². The molecular weight excluding hydrogens is 360 g/mol. The Hall–Kier alpha value is -2.57. The second-order valence-electron chi connectivity index (χ2n) is 5.00. The number of nitrogens with one attached hydrogen (secondary N) is 1. The number of benzene rings is 1. The summed E-state index contributed by atoms with van der Waals surface area (Å²) in [4.78, 5) is 12.2. The minimum absolute atomic E-state index is 0.0273. The molecule has 1 N–H and O–H groups in total. The molecule has 0 aliphatic heterocycles. The molecule has 1 aromatic carbocycles. The summed E-state index contributed by atoms with van der Waals surface area (Å²) >= 11 is 0.753. The quantitative estimate of drug-likeness (QED) is 0.471. The highest BCUT2D eigenvalue weighted by molar-refractivity contribution is 7.93. The van der Waals surface area contributed by atoms with Gasteiger partial charge in [-0.25, -0.2) is 8.42 Å². The van der Waals surface area contributed by atoms with Crippen LogP contribution in [0.5, 0.6) is 0 Å². The second kappa shape index (κ2) is 8.00. The molecule has 9 heteroatoms. The SMILES string of the molecule is CCc1ccc(/C=C(/C#N)C(=O)Nc2nnc(S(=O)(=O)CC)s2)cc1. The first-order chi connectivity index (χ1) is 11.9. The van der Waals surface area contributed by atoms with Gasteiger partial charge in [-0.1, -0.05) is 49.4 Å². The number of aryl methyl sites for hydroxylation is 1. The number of amides is 1. The third kappa shape index (κ3) is 4.71. The first-order valence-corrected chi connectivity index (χ1v) is 9.94. The van der Waals surface area contributed by atoms with E-state index in [4.69, 9.17) is 0 Å². The lowest BCUT2D eigenvalue weighted by Gasteiger charge is -2.01. The molecule has 0 bridgehead atoms. The van der Waals surface area contributed by atoms with Gasteiger partial charge in [0.2, 0.25) is 19.3 Å². The molecule has 0 saturated heterocycles. The molecule has 25 heavy (non-hydrogen) atoms. The topological polar surface area (TPSA) is 113 Å². The van der Waals surface area contributed by atoms with Crippen LogP contribution in [-0.4, -0.2) is 30.3 Å². The van der Waals surface area contributed by atoms with Crippen LogP contribution in [0.1, 0.15) is 25.0 Å². The lowest BCUT2D eigenvalue weighted by atomic mass is 10.1. The molecule has 2 aromatic rings. The number of carbonyl (C=O) groups excluding carboxylic acids is 1. The third-order valence-electron chi connectivity index (χ3n) is 3.34. The summed E-state index contributed by atoms with van der Waals surface area (Å²) in [5, 5.41) is 18.8. The number of rotatable bonds is 6. The smallest absolute Gasteiger partial charge is 0.268 e. The Bertz CT molecular complexity index is 939. The van der Waals surface area contributed by atoms with Crippen molar-refractivity contribution in [3.63, 3.8) is 0 Å². The van der Waals surface area contributed by atoms with Gasteiger partial charge in [-0.15, -0.1) is 10.2 Å². The average molecular weight is 376 g/mol. The van der Waals surface area contributed by atoms with Gasteiger partial charge in [0.05, 0.1) is 5.75 Å². The number of anilines is 1. The lowest BCUT2D eigenvalue weighted by molar-refractivity contribution is -0.112. The van der Waals surface area contributed by atoms with Crippen LogP contribution in [0.3, 0.4) is 0 Å². The first-order valence-electron chi connectivity index (χ1n) is 7.48. The highest BCUT2D eigenvalue weighted by Crippen LogP contribution is 2.21. The molecule has 1 heterocycles. The van der Waals surface area contributed by atoms with Crippen molar-refractivity contribution < 1.29 is 13.2 Å². The number of nitrogens with zero attached hydrogens (tertiary/aromatic N) is 3. The second-order valence-corrected chi connectivity index (χ2v) is 8.43. The van der Waals surface area contributed by atoms with Gasteiger partial charge in [0.1, 0.15) is 11.6 Å². The first kappa shape index (κ1) is 18.8. The maximum atomic E-state index is 12.2. The van der Waals surface area contributed by atoms with Crippen molar-refractivity contribution in [2.45, 2.75) is 24.6 Å². The Morgan fingerprint density at radius 2 is 1.96 bits per heavy atom. The van der Waals surface area contributed by atoms with Gasteiger partial charge in [-0.2, -0.15) is 5.26 Å². The molecule has 0 aliphatic rings. The average Bonchev–Trinajstić information content (AvgIpc) is 3.09. The van der Waals surface area contributed by atoms with Gasteiger partial charge in [0.25, 0.3) is 5.91 Å². The largest absolute Gasteiger partial charge is 0.296 e. The molecular formula is C16H16N4O3S2. The fraction of sp³-hybridized carbons (Fsp3) is 0.250. The van der Waals surface area contributed by atoms with Gasteiger partial charge >= 0.3 is 0 Å². The number of sulfone groups is 1. The highest BCUT2D eigenvalue weighted by Gasteiger charge is 2.19. The van der Waals surface area contributed by atoms with E-state index in [2.05, 4.69) is 15.5 Å². The summed E-state index contributed by atoms with van der Waals surface area (Å²) < 4.78 is 23.3. The fourth-order valence-electron chi connectivity index (χ4n) is 1.84. The number of carbonyl (C=O) groups is 1. The molecule has 1 amide bonds. The molecule has 2 rings (SSSR count). The normalized spacial score (nSPS) is 11.8. The Morgan fingerprint density at radius 1 is 1.28 bits per heavy atom. The molecule has 0 fully saturated rings. The Morgan fingerprint density at radius 3 is 2.52 bits per heavy atom. The van der Waals surface area contributed by atoms with Crippen LogP contribution < -0.4 is 5.32 Å². The molecule has 0 unspecified atom stereocenters. The molecule has 130 valence electrons. The van der Waals surface area contributed by atoms with Crippen molar-refractivity contribution in [3.05, 3.63) is 41.0 Å². The van der Waals surface area contributed by atoms with E-state index in [-0.39, 0.29) is 20.8 Å². The van der Waals surface area contributed by atoms with E-state index in [0.717, 1.165) is 28.9 Å². The van der Waals surface area contributed by atoms with E-state index in [9.17, 15) is 18.5 Å². The van der Waals surface area contributed by atoms with Crippen molar-refractivity contribution >= 4 is 38.3 Å². The van der Waals surface area contributed by atoms with Gasteiger partial charge in [-0.3, -0.25) is 10.1 Å². The highest BCUT2D eigenvalue weighted by atomic mass is 32.2. The van der Waals surface area contributed by atoms with Crippen molar-refractivity contribution in [1.29, 1.82) is 5.26 Å². The van der Waals surface area contributed by atoms with E-state index in [1.165, 1.54) is 13.0 Å². The van der Waals surface area contributed by atoms with Crippen molar-refractivity contribution in [2.24, 2.45) is 0 Å². The summed E-state index contributed by atoms with van der Waals surface area (Å²) in [5.41, 5.74) is 1.76.